The van der Waals surface area contributed by atoms with Crippen LogP contribution in [0.3, 0.4) is 0 Å². The zero-order chi connectivity index (χ0) is 17.2. The summed E-state index contributed by atoms with van der Waals surface area (Å²) >= 11 is 0. The minimum absolute atomic E-state index is 0.0557. The summed E-state index contributed by atoms with van der Waals surface area (Å²) in [4.78, 5) is 14.1. The average Bonchev–Trinajstić information content (AvgIpc) is 2.59. The SMILES string of the molecule is CN(C)CCCNc1ccc(NC(=O)CCc2ccccc2)nn1. The lowest BCUT2D eigenvalue weighted by atomic mass is 10.1. The summed E-state index contributed by atoms with van der Waals surface area (Å²) in [7, 11) is 4.10. The van der Waals surface area contributed by atoms with Crippen LogP contribution in [0.2, 0.25) is 0 Å². The van der Waals surface area contributed by atoms with Crippen LogP contribution in [0, 0.1) is 0 Å². The van der Waals surface area contributed by atoms with E-state index < -0.39 is 0 Å². The zero-order valence-corrected chi connectivity index (χ0v) is 14.3. The van der Waals surface area contributed by atoms with E-state index in [2.05, 4.69) is 39.8 Å². The number of amides is 1. The van der Waals surface area contributed by atoms with Gasteiger partial charge in [0.2, 0.25) is 5.91 Å². The molecule has 0 aliphatic rings. The standard InChI is InChI=1S/C18H25N5O/c1-23(2)14-6-13-19-16-10-11-17(22-21-16)20-18(24)12-9-15-7-4-3-5-8-15/h3-5,7-8,10-11H,6,9,12-14H2,1-2H3,(H,19,21)(H,20,22,24). The monoisotopic (exact) mass is 327 g/mol. The molecular formula is C18H25N5O. The third kappa shape index (κ3) is 6.75. The minimum Gasteiger partial charge on any atom is -0.369 e. The molecule has 0 radical (unpaired) electrons. The molecule has 2 aromatic rings. The third-order valence-corrected chi connectivity index (χ3v) is 3.50. The van der Waals surface area contributed by atoms with E-state index in [0.29, 0.717) is 18.7 Å². The van der Waals surface area contributed by atoms with Crippen molar-refractivity contribution in [2.75, 3.05) is 37.8 Å². The molecule has 128 valence electrons. The number of hydrogen-bond donors (Lipinski definition) is 2. The van der Waals surface area contributed by atoms with Crippen molar-refractivity contribution in [1.29, 1.82) is 0 Å². The number of benzene rings is 1. The maximum Gasteiger partial charge on any atom is 0.225 e. The Hall–Kier alpha value is -2.47. The van der Waals surface area contributed by atoms with Crippen LogP contribution < -0.4 is 10.6 Å². The van der Waals surface area contributed by atoms with Crippen LogP contribution >= 0.6 is 0 Å². The molecule has 0 fully saturated rings. The van der Waals surface area contributed by atoms with Gasteiger partial charge in [-0.05, 0) is 51.2 Å². The first-order valence-corrected chi connectivity index (χ1v) is 8.19. The molecule has 0 saturated carbocycles. The van der Waals surface area contributed by atoms with Gasteiger partial charge in [-0.3, -0.25) is 4.79 Å². The van der Waals surface area contributed by atoms with Crippen molar-refractivity contribution in [2.24, 2.45) is 0 Å². The Kier molecular flexibility index (Phi) is 7.17. The Labute approximate surface area is 143 Å². The largest absolute Gasteiger partial charge is 0.369 e. The van der Waals surface area contributed by atoms with E-state index in [1.807, 2.05) is 36.4 Å². The molecule has 6 nitrogen and oxygen atoms in total. The second-order valence-electron chi connectivity index (χ2n) is 5.92. The summed E-state index contributed by atoms with van der Waals surface area (Å²) in [5.41, 5.74) is 1.15. The number of carbonyl (C=O) groups is 1. The Morgan fingerprint density at radius 2 is 1.75 bits per heavy atom. The number of aromatic nitrogens is 2. The van der Waals surface area contributed by atoms with Gasteiger partial charge in [0.25, 0.3) is 0 Å². The highest BCUT2D eigenvalue weighted by atomic mass is 16.1. The van der Waals surface area contributed by atoms with Gasteiger partial charge in [-0.25, -0.2) is 0 Å². The third-order valence-electron chi connectivity index (χ3n) is 3.50. The average molecular weight is 327 g/mol. The number of aryl methyl sites for hydroxylation is 1. The summed E-state index contributed by atoms with van der Waals surface area (Å²) in [5, 5.41) is 14.1. The summed E-state index contributed by atoms with van der Waals surface area (Å²) in [5.74, 6) is 1.14. The molecule has 24 heavy (non-hydrogen) atoms. The lowest BCUT2D eigenvalue weighted by Crippen LogP contribution is -2.17. The quantitative estimate of drug-likeness (QED) is 0.692. The van der Waals surface area contributed by atoms with Crippen molar-refractivity contribution in [1.82, 2.24) is 15.1 Å². The predicted molar refractivity (Wildman–Crippen MR) is 97.1 cm³/mol. The van der Waals surface area contributed by atoms with E-state index in [4.69, 9.17) is 0 Å². The molecular weight excluding hydrogens is 302 g/mol. The van der Waals surface area contributed by atoms with E-state index in [0.717, 1.165) is 30.9 Å². The van der Waals surface area contributed by atoms with Crippen molar-refractivity contribution in [3.8, 4) is 0 Å². The highest BCUT2D eigenvalue weighted by Gasteiger charge is 2.05. The lowest BCUT2D eigenvalue weighted by Gasteiger charge is -2.10. The molecule has 0 aliphatic carbocycles. The van der Waals surface area contributed by atoms with Crippen molar-refractivity contribution < 1.29 is 4.79 Å². The molecule has 2 N–H and O–H groups in total. The first kappa shape index (κ1) is 17.9. The molecule has 2 rings (SSSR count). The molecule has 0 unspecified atom stereocenters. The normalized spacial score (nSPS) is 10.6. The van der Waals surface area contributed by atoms with Crippen molar-refractivity contribution in [3.63, 3.8) is 0 Å². The highest BCUT2D eigenvalue weighted by Crippen LogP contribution is 2.08. The first-order chi connectivity index (χ1) is 11.6. The van der Waals surface area contributed by atoms with Gasteiger partial charge in [0.15, 0.2) is 5.82 Å². The molecule has 1 amide bonds. The Morgan fingerprint density at radius 1 is 1.04 bits per heavy atom. The molecule has 1 aromatic carbocycles. The molecule has 1 heterocycles. The topological polar surface area (TPSA) is 70.2 Å². The number of nitrogens with one attached hydrogen (secondary N) is 2. The van der Waals surface area contributed by atoms with Crippen molar-refractivity contribution in [2.45, 2.75) is 19.3 Å². The number of carbonyl (C=O) groups excluding carboxylic acids is 1. The van der Waals surface area contributed by atoms with Gasteiger partial charge in [-0.1, -0.05) is 30.3 Å². The van der Waals surface area contributed by atoms with Crippen LogP contribution in [-0.2, 0) is 11.2 Å². The van der Waals surface area contributed by atoms with Crippen molar-refractivity contribution in [3.05, 3.63) is 48.0 Å². The van der Waals surface area contributed by atoms with Gasteiger partial charge in [-0.15, -0.1) is 10.2 Å². The van der Waals surface area contributed by atoms with Crippen LogP contribution in [0.1, 0.15) is 18.4 Å². The van der Waals surface area contributed by atoms with Gasteiger partial charge < -0.3 is 15.5 Å². The Balaban J connectivity index is 1.71. The van der Waals surface area contributed by atoms with Crippen LogP contribution in [-0.4, -0.2) is 48.2 Å². The van der Waals surface area contributed by atoms with Crippen LogP contribution in [0.15, 0.2) is 42.5 Å². The van der Waals surface area contributed by atoms with E-state index >= 15 is 0 Å². The zero-order valence-electron chi connectivity index (χ0n) is 14.3. The van der Waals surface area contributed by atoms with Gasteiger partial charge >= 0.3 is 0 Å². The summed E-state index contributed by atoms with van der Waals surface area (Å²) < 4.78 is 0. The number of anilines is 2. The minimum atomic E-state index is -0.0557. The fourth-order valence-electron chi connectivity index (χ4n) is 2.21. The van der Waals surface area contributed by atoms with E-state index in [1.54, 1.807) is 6.07 Å². The van der Waals surface area contributed by atoms with E-state index in [-0.39, 0.29) is 5.91 Å². The predicted octanol–water partition coefficient (Wildman–Crippen LogP) is 2.41. The summed E-state index contributed by atoms with van der Waals surface area (Å²) in [6.07, 6.45) is 2.18. The second-order valence-corrected chi connectivity index (χ2v) is 5.92. The van der Waals surface area contributed by atoms with Crippen LogP contribution in [0.5, 0.6) is 0 Å². The second kappa shape index (κ2) is 9.62. The van der Waals surface area contributed by atoms with Crippen LogP contribution in [0.4, 0.5) is 11.6 Å². The maximum atomic E-state index is 11.9. The van der Waals surface area contributed by atoms with Crippen molar-refractivity contribution >= 4 is 17.5 Å². The molecule has 6 heteroatoms. The lowest BCUT2D eigenvalue weighted by molar-refractivity contribution is -0.116. The Morgan fingerprint density at radius 3 is 2.42 bits per heavy atom. The van der Waals surface area contributed by atoms with Gasteiger partial charge in [-0.2, -0.15) is 0 Å². The van der Waals surface area contributed by atoms with Gasteiger partial charge in [0.05, 0.1) is 0 Å². The van der Waals surface area contributed by atoms with Crippen LogP contribution in [0.25, 0.3) is 0 Å². The Bertz CT molecular complexity index is 613. The first-order valence-electron chi connectivity index (χ1n) is 8.19. The molecule has 0 bridgehead atoms. The highest BCUT2D eigenvalue weighted by molar-refractivity contribution is 5.89. The molecule has 1 aromatic heterocycles. The van der Waals surface area contributed by atoms with Gasteiger partial charge in [0, 0.05) is 13.0 Å². The maximum absolute atomic E-state index is 11.9. The van der Waals surface area contributed by atoms with E-state index in [9.17, 15) is 4.79 Å². The number of hydrogen-bond acceptors (Lipinski definition) is 5. The molecule has 0 aliphatic heterocycles. The molecule has 0 saturated heterocycles. The van der Waals surface area contributed by atoms with E-state index in [1.165, 1.54) is 0 Å². The fourth-order valence-corrected chi connectivity index (χ4v) is 2.21. The summed E-state index contributed by atoms with van der Waals surface area (Å²) in [6.45, 7) is 1.87. The molecule has 0 spiro atoms. The van der Waals surface area contributed by atoms with Gasteiger partial charge in [0.1, 0.15) is 5.82 Å². The number of nitrogens with zero attached hydrogens (tertiary/aromatic N) is 3. The fraction of sp³-hybridized carbons (Fsp3) is 0.389. The number of rotatable bonds is 9. The smallest absolute Gasteiger partial charge is 0.225 e. The summed E-state index contributed by atoms with van der Waals surface area (Å²) in [6, 6.07) is 13.5. The molecule has 0 atom stereocenters.